The van der Waals surface area contributed by atoms with Crippen molar-refractivity contribution in [1.29, 1.82) is 0 Å². The average molecular weight is 595 g/mol. The molecule has 1 N–H and O–H groups in total. The van der Waals surface area contributed by atoms with Crippen LogP contribution in [-0.4, -0.2) is 50.5 Å². The molecule has 1 fully saturated rings. The molecule has 9 nitrogen and oxygen atoms in total. The van der Waals surface area contributed by atoms with Gasteiger partial charge >= 0.3 is 12.4 Å². The molecule has 0 saturated carbocycles. The fourth-order valence-corrected chi connectivity index (χ4v) is 5.08. The lowest BCUT2D eigenvalue weighted by Crippen LogP contribution is -2.32. The molecule has 0 atom stereocenters. The monoisotopic (exact) mass is 594 g/mol. The van der Waals surface area contributed by atoms with Crippen molar-refractivity contribution in [2.75, 3.05) is 17.2 Å². The summed E-state index contributed by atoms with van der Waals surface area (Å²) in [6.07, 6.45) is -2.78. The lowest BCUT2D eigenvalue weighted by molar-refractivity contribution is -0.274. The molecule has 0 aliphatic carbocycles. The van der Waals surface area contributed by atoms with Gasteiger partial charge in [-0.25, -0.2) is 14.5 Å². The van der Waals surface area contributed by atoms with E-state index in [4.69, 9.17) is 0 Å². The van der Waals surface area contributed by atoms with E-state index in [0.29, 0.717) is 36.1 Å². The number of aromatic nitrogens is 3. The van der Waals surface area contributed by atoms with Gasteiger partial charge in [0.05, 0.1) is 17.1 Å². The largest absolute Gasteiger partial charge is 0.573 e. The van der Waals surface area contributed by atoms with E-state index in [-0.39, 0.29) is 11.0 Å². The topological polar surface area (TPSA) is 102 Å². The highest BCUT2D eigenvalue weighted by atomic mass is 32.2. The average Bonchev–Trinajstić information content (AvgIpc) is 3.57. The molecule has 3 aromatic carbocycles. The van der Waals surface area contributed by atoms with Crippen molar-refractivity contribution in [3.8, 4) is 22.8 Å². The number of carbonyl (C=O) groups excluding carboxylic acids is 2. The van der Waals surface area contributed by atoms with Crippen LogP contribution in [0.5, 0.6) is 5.75 Å². The van der Waals surface area contributed by atoms with Crippen LogP contribution in [0.2, 0.25) is 0 Å². The van der Waals surface area contributed by atoms with E-state index in [1.165, 1.54) is 40.2 Å². The minimum Gasteiger partial charge on any atom is -0.406 e. The van der Waals surface area contributed by atoms with E-state index < -0.39 is 12.4 Å². The van der Waals surface area contributed by atoms with E-state index in [1.54, 1.807) is 0 Å². The number of rotatable bonds is 7. The van der Waals surface area contributed by atoms with Crippen LogP contribution in [0, 0.1) is 13.8 Å². The maximum absolute atomic E-state index is 12.6. The second-order valence-corrected chi connectivity index (χ2v) is 10.4. The number of nitrogens with zero attached hydrogens (tertiary/aromatic N) is 5. The number of halogens is 3. The van der Waals surface area contributed by atoms with Gasteiger partial charge in [0.25, 0.3) is 5.24 Å². The SMILES string of the molecule is Cc1ccc(C)c(N2C(=O)SC/C2=N\C(=O)NCCc2cccc(-c3ncn(-c4ccc(OC(F)(F)F)cc4)n3)c2)c1. The summed E-state index contributed by atoms with van der Waals surface area (Å²) < 4.78 is 42.6. The highest BCUT2D eigenvalue weighted by Crippen LogP contribution is 2.30. The summed E-state index contributed by atoms with van der Waals surface area (Å²) in [4.78, 5) is 35.1. The van der Waals surface area contributed by atoms with Crippen LogP contribution in [0.25, 0.3) is 17.1 Å². The molecule has 1 aliphatic rings. The number of carbonyl (C=O) groups is 2. The number of ether oxygens (including phenoxy) is 1. The molecule has 0 unspecified atom stereocenters. The highest BCUT2D eigenvalue weighted by Gasteiger charge is 2.32. The molecular weight excluding hydrogens is 569 g/mol. The number of anilines is 1. The molecule has 13 heteroatoms. The number of hydrogen-bond acceptors (Lipinski definition) is 6. The molecule has 5 rings (SSSR count). The van der Waals surface area contributed by atoms with Gasteiger partial charge < -0.3 is 10.1 Å². The van der Waals surface area contributed by atoms with Crippen LogP contribution in [0.4, 0.5) is 28.4 Å². The Morgan fingerprint density at radius 2 is 1.88 bits per heavy atom. The van der Waals surface area contributed by atoms with Crippen LogP contribution in [0.1, 0.15) is 16.7 Å². The van der Waals surface area contributed by atoms with Gasteiger partial charge in [-0.2, -0.15) is 4.99 Å². The standard InChI is InChI=1S/C29H25F3N6O3S/c1-18-6-7-19(2)24(14-18)38-25(16-42-28(38)40)35-27(39)33-13-12-20-4-3-5-21(15-20)26-34-17-37(36-26)22-8-10-23(11-9-22)41-29(30,31)32/h3-11,14-15,17H,12-13,16H2,1-2H3,(H,33,39)/b35-25+. The number of amidine groups is 1. The minimum atomic E-state index is -4.76. The number of aryl methyl sites for hydroxylation is 2. The summed E-state index contributed by atoms with van der Waals surface area (Å²) in [5, 5.41) is 7.05. The molecule has 0 radical (unpaired) electrons. The molecule has 2 heterocycles. The lowest BCUT2D eigenvalue weighted by Gasteiger charge is -2.19. The van der Waals surface area contributed by atoms with Crippen molar-refractivity contribution in [1.82, 2.24) is 20.1 Å². The predicted octanol–water partition coefficient (Wildman–Crippen LogP) is 6.47. The van der Waals surface area contributed by atoms with E-state index in [2.05, 4.69) is 25.1 Å². The van der Waals surface area contributed by atoms with Crippen molar-refractivity contribution in [3.05, 3.63) is 89.7 Å². The summed E-state index contributed by atoms with van der Waals surface area (Å²) in [6.45, 7) is 4.17. The van der Waals surface area contributed by atoms with Gasteiger partial charge in [0.2, 0.25) is 0 Å². The van der Waals surface area contributed by atoms with Gasteiger partial charge in [-0.1, -0.05) is 42.1 Å². The summed E-state index contributed by atoms with van der Waals surface area (Å²) in [5.41, 5.74) is 4.81. The second-order valence-electron chi connectivity index (χ2n) is 9.44. The summed E-state index contributed by atoms with van der Waals surface area (Å²) in [5.74, 6) is 0.805. The van der Waals surface area contributed by atoms with E-state index in [9.17, 15) is 22.8 Å². The van der Waals surface area contributed by atoms with Gasteiger partial charge in [0, 0.05) is 12.1 Å². The van der Waals surface area contributed by atoms with E-state index in [0.717, 1.165) is 39.7 Å². The quantitative estimate of drug-likeness (QED) is 0.263. The first kappa shape index (κ1) is 28.9. The third kappa shape index (κ3) is 6.97. The molecular formula is C29H25F3N6O3S. The van der Waals surface area contributed by atoms with Crippen LogP contribution >= 0.6 is 11.8 Å². The molecule has 1 aliphatic heterocycles. The Balaban J connectivity index is 1.20. The number of urea groups is 1. The number of thioether (sulfide) groups is 1. The Morgan fingerprint density at radius 1 is 1.10 bits per heavy atom. The Labute approximate surface area is 243 Å². The fourth-order valence-electron chi connectivity index (χ4n) is 4.30. The van der Waals surface area contributed by atoms with E-state index in [1.807, 2.05) is 56.3 Å². The van der Waals surface area contributed by atoms with Crippen molar-refractivity contribution < 1.29 is 27.5 Å². The molecule has 0 bridgehead atoms. The van der Waals surface area contributed by atoms with Crippen LogP contribution in [0.15, 0.2) is 78.0 Å². The number of alkyl halides is 3. The summed E-state index contributed by atoms with van der Waals surface area (Å²) in [7, 11) is 0. The molecule has 3 amide bonds. The number of aliphatic imine (C=N–C) groups is 1. The molecule has 1 saturated heterocycles. The lowest BCUT2D eigenvalue weighted by atomic mass is 10.1. The third-order valence-corrected chi connectivity index (χ3v) is 7.14. The summed E-state index contributed by atoms with van der Waals surface area (Å²) in [6, 6.07) is 18.1. The first-order valence-electron chi connectivity index (χ1n) is 12.8. The zero-order chi connectivity index (χ0) is 29.9. The second kappa shape index (κ2) is 12.1. The first-order valence-corrected chi connectivity index (χ1v) is 13.8. The number of hydrogen-bond donors (Lipinski definition) is 1. The maximum Gasteiger partial charge on any atom is 0.573 e. The smallest absolute Gasteiger partial charge is 0.406 e. The molecule has 216 valence electrons. The Bertz CT molecular complexity index is 1650. The zero-order valence-electron chi connectivity index (χ0n) is 22.6. The first-order chi connectivity index (χ1) is 20.1. The fraction of sp³-hybridized carbons (Fsp3) is 0.207. The molecule has 42 heavy (non-hydrogen) atoms. The van der Waals surface area contributed by atoms with Crippen LogP contribution in [-0.2, 0) is 6.42 Å². The molecule has 0 spiro atoms. The van der Waals surface area contributed by atoms with Crippen LogP contribution < -0.4 is 15.0 Å². The Morgan fingerprint density at radius 3 is 2.64 bits per heavy atom. The maximum atomic E-state index is 12.6. The minimum absolute atomic E-state index is 0.171. The van der Waals surface area contributed by atoms with E-state index >= 15 is 0 Å². The summed E-state index contributed by atoms with van der Waals surface area (Å²) >= 11 is 1.10. The third-order valence-electron chi connectivity index (χ3n) is 6.30. The Kier molecular flexibility index (Phi) is 8.29. The highest BCUT2D eigenvalue weighted by molar-refractivity contribution is 8.15. The number of benzene rings is 3. The van der Waals surface area contributed by atoms with Crippen molar-refractivity contribution in [2.24, 2.45) is 4.99 Å². The van der Waals surface area contributed by atoms with Gasteiger partial charge in [0.1, 0.15) is 17.9 Å². The van der Waals surface area contributed by atoms with Crippen molar-refractivity contribution >= 4 is 34.6 Å². The van der Waals surface area contributed by atoms with Crippen LogP contribution in [0.3, 0.4) is 0 Å². The van der Waals surface area contributed by atoms with Crippen molar-refractivity contribution in [3.63, 3.8) is 0 Å². The predicted molar refractivity (Wildman–Crippen MR) is 154 cm³/mol. The van der Waals surface area contributed by atoms with Gasteiger partial charge in [-0.05, 0) is 73.4 Å². The van der Waals surface area contributed by atoms with Crippen molar-refractivity contribution in [2.45, 2.75) is 26.6 Å². The molecule has 1 aromatic heterocycles. The normalized spacial score (nSPS) is 14.5. The molecule has 4 aromatic rings. The Hall–Kier alpha value is -4.65. The number of nitrogens with one attached hydrogen (secondary N) is 1. The van der Waals surface area contributed by atoms with Gasteiger partial charge in [-0.3, -0.25) is 9.69 Å². The van der Waals surface area contributed by atoms with Gasteiger partial charge in [-0.15, -0.1) is 18.3 Å². The number of amides is 3. The zero-order valence-corrected chi connectivity index (χ0v) is 23.4. The van der Waals surface area contributed by atoms with Gasteiger partial charge in [0.15, 0.2) is 5.82 Å².